The maximum atomic E-state index is 12.0. The highest BCUT2D eigenvalue weighted by Gasteiger charge is 2.09. The zero-order valence-corrected chi connectivity index (χ0v) is 23.6. The number of hydrogen-bond donors (Lipinski definition) is 4. The van der Waals surface area contributed by atoms with Crippen molar-refractivity contribution >= 4 is 35.8 Å². The fraction of sp³-hybridized carbons (Fsp3) is 0.355. The van der Waals surface area contributed by atoms with Crippen molar-refractivity contribution in [2.24, 2.45) is 0 Å². The van der Waals surface area contributed by atoms with Gasteiger partial charge in [-0.3, -0.25) is 19.2 Å². The highest BCUT2D eigenvalue weighted by Crippen LogP contribution is 2.02. The van der Waals surface area contributed by atoms with Crippen LogP contribution in [0.3, 0.4) is 0 Å². The van der Waals surface area contributed by atoms with Crippen molar-refractivity contribution < 1.29 is 19.2 Å². The molecule has 0 atom stereocenters. The second-order valence-electron chi connectivity index (χ2n) is 9.96. The summed E-state index contributed by atoms with van der Waals surface area (Å²) in [5, 5.41) is 12.6. The Labute approximate surface area is 231 Å². The normalized spacial score (nSPS) is 11.2. The predicted octanol–water partition coefficient (Wildman–Crippen LogP) is 1.73. The second-order valence-corrected chi connectivity index (χ2v) is 9.96. The summed E-state index contributed by atoms with van der Waals surface area (Å²) in [4.78, 5) is 46.1. The molecule has 8 nitrogen and oxygen atoms in total. The van der Waals surface area contributed by atoms with Crippen LogP contribution < -0.4 is 31.7 Å². The number of amides is 4. The predicted molar refractivity (Wildman–Crippen MR) is 157 cm³/mol. The number of rotatable bonds is 11. The fourth-order valence-electron chi connectivity index (χ4n) is 3.47. The number of carbonyl (C=O) groups excluding carboxylic acids is 4. The van der Waals surface area contributed by atoms with Crippen molar-refractivity contribution in [2.75, 3.05) is 19.6 Å². The third-order valence-electron chi connectivity index (χ3n) is 5.24. The summed E-state index contributed by atoms with van der Waals surface area (Å²) in [6.45, 7) is 15.5. The minimum Gasteiger partial charge on any atom is -0.356 e. The molecule has 0 saturated carbocycles. The van der Waals surface area contributed by atoms with Gasteiger partial charge >= 0.3 is 0 Å². The summed E-state index contributed by atoms with van der Waals surface area (Å²) >= 11 is 0. The average molecular weight is 535 g/mol. The Bertz CT molecular complexity index is 1220. The van der Waals surface area contributed by atoms with Gasteiger partial charge in [-0.2, -0.15) is 0 Å². The minimum absolute atomic E-state index is 0.0255. The van der Waals surface area contributed by atoms with Crippen LogP contribution in [-0.2, 0) is 25.6 Å². The molecule has 0 aliphatic carbocycles. The molecule has 4 N–H and O–H groups in total. The highest BCUT2D eigenvalue weighted by molar-refractivity contribution is 5.85. The van der Waals surface area contributed by atoms with Gasteiger partial charge in [0.15, 0.2) is 0 Å². The molecule has 210 valence electrons. The second kappa shape index (κ2) is 17.3. The van der Waals surface area contributed by atoms with Gasteiger partial charge in [0.25, 0.3) is 0 Å². The number of hydrogen-bond acceptors (Lipinski definition) is 4. The van der Waals surface area contributed by atoms with Crippen molar-refractivity contribution in [3.05, 3.63) is 83.3 Å². The van der Waals surface area contributed by atoms with E-state index in [0.29, 0.717) is 19.4 Å². The molecule has 0 bridgehead atoms. The molecule has 2 rings (SSSR count). The number of benzene rings is 2. The van der Waals surface area contributed by atoms with E-state index in [2.05, 4.69) is 34.4 Å². The van der Waals surface area contributed by atoms with Crippen molar-refractivity contribution in [1.82, 2.24) is 21.3 Å². The maximum absolute atomic E-state index is 12.0. The van der Waals surface area contributed by atoms with Crippen LogP contribution in [0.2, 0.25) is 0 Å². The molecular formula is C31H42N4O4. The molecule has 0 spiro atoms. The molecule has 4 amide bonds. The minimum atomic E-state index is -0.304. The lowest BCUT2D eigenvalue weighted by Gasteiger charge is -2.18. The van der Waals surface area contributed by atoms with Gasteiger partial charge < -0.3 is 21.3 Å². The Morgan fingerprint density at radius 1 is 0.795 bits per heavy atom. The molecule has 0 aromatic heterocycles. The largest absolute Gasteiger partial charge is 0.356 e. The third-order valence-corrected chi connectivity index (χ3v) is 5.24. The molecule has 0 aliphatic heterocycles. The summed E-state index contributed by atoms with van der Waals surface area (Å²) in [5.74, 6) is -0.680. The van der Waals surface area contributed by atoms with Crippen LogP contribution >= 0.6 is 0 Å². The summed E-state index contributed by atoms with van der Waals surface area (Å²) in [6, 6.07) is 17.3. The Kier molecular flexibility index (Phi) is 14.6. The van der Waals surface area contributed by atoms with Gasteiger partial charge in [0.05, 0.1) is 6.54 Å². The standard InChI is InChI=1S/C25H29N3O3.C6H13NO/c1-3-21(22-12-8-7-9-19(22)2)17-27-25(31)18-28-24(30)15-16-26-23(29)14-13-20-10-5-4-6-11-20;1-5(8)7-6(2,3)4/h3-12H,1-2,13-18H2,(H,26,29)(H,27,31)(H,28,30);1-4H3,(H,7,8)/b22-21+;. The Morgan fingerprint density at radius 3 is 1.95 bits per heavy atom. The monoisotopic (exact) mass is 534 g/mol. The van der Waals surface area contributed by atoms with E-state index in [-0.39, 0.29) is 48.7 Å². The zero-order chi connectivity index (χ0) is 29.3. The lowest BCUT2D eigenvalue weighted by atomic mass is 10.1. The average Bonchev–Trinajstić information content (AvgIpc) is 2.87. The van der Waals surface area contributed by atoms with E-state index in [1.165, 1.54) is 6.92 Å². The lowest BCUT2D eigenvalue weighted by Crippen LogP contribution is -2.39. The number of aryl methyl sites for hydroxylation is 1. The number of carbonyl (C=O) groups is 4. The molecule has 2 aromatic carbocycles. The lowest BCUT2D eigenvalue weighted by molar-refractivity contribution is -0.126. The fourth-order valence-corrected chi connectivity index (χ4v) is 3.47. The molecule has 2 aromatic rings. The first-order valence-corrected chi connectivity index (χ1v) is 12.9. The maximum Gasteiger partial charge on any atom is 0.239 e. The summed E-state index contributed by atoms with van der Waals surface area (Å²) in [6.07, 6.45) is 2.82. The van der Waals surface area contributed by atoms with Crippen LogP contribution in [0.5, 0.6) is 0 Å². The van der Waals surface area contributed by atoms with E-state index in [0.717, 1.165) is 21.6 Å². The molecule has 8 heteroatoms. The van der Waals surface area contributed by atoms with Crippen molar-refractivity contribution in [1.29, 1.82) is 0 Å². The molecule has 0 unspecified atom stereocenters. The summed E-state index contributed by atoms with van der Waals surface area (Å²) in [7, 11) is 0. The smallest absolute Gasteiger partial charge is 0.239 e. The van der Waals surface area contributed by atoms with Gasteiger partial charge in [-0.05, 0) is 48.8 Å². The van der Waals surface area contributed by atoms with Crippen LogP contribution in [0.25, 0.3) is 12.2 Å². The van der Waals surface area contributed by atoms with Gasteiger partial charge in [-0.25, -0.2) is 0 Å². The van der Waals surface area contributed by atoms with Crippen LogP contribution in [0, 0.1) is 0 Å². The van der Waals surface area contributed by atoms with Crippen LogP contribution in [0.4, 0.5) is 0 Å². The van der Waals surface area contributed by atoms with E-state index in [9.17, 15) is 19.2 Å². The SMILES string of the molecule is C=C/C(CNC(=O)CNC(=O)CCNC(=O)CCc1ccccc1)=c1/ccccc1=C.CC(=O)NC(C)(C)C. The molecule has 0 aliphatic rings. The third kappa shape index (κ3) is 15.6. The Balaban J connectivity index is 0.000000824. The van der Waals surface area contributed by atoms with Gasteiger partial charge in [0.2, 0.25) is 23.6 Å². The van der Waals surface area contributed by atoms with Gasteiger partial charge in [-0.15, -0.1) is 0 Å². The molecule has 0 fully saturated rings. The number of nitrogens with one attached hydrogen (secondary N) is 4. The van der Waals surface area contributed by atoms with Crippen molar-refractivity contribution in [2.45, 2.75) is 52.5 Å². The van der Waals surface area contributed by atoms with Crippen LogP contribution in [0.1, 0.15) is 46.1 Å². The molecule has 0 radical (unpaired) electrons. The van der Waals surface area contributed by atoms with Crippen molar-refractivity contribution in [3.8, 4) is 0 Å². The molecule has 39 heavy (non-hydrogen) atoms. The Morgan fingerprint density at radius 2 is 1.38 bits per heavy atom. The quantitative estimate of drug-likeness (QED) is 0.351. The first-order chi connectivity index (χ1) is 18.4. The van der Waals surface area contributed by atoms with E-state index in [1.807, 2.05) is 75.4 Å². The van der Waals surface area contributed by atoms with Crippen LogP contribution in [0.15, 0.2) is 67.3 Å². The summed E-state index contributed by atoms with van der Waals surface area (Å²) in [5.41, 5.74) is 1.87. The Hall–Kier alpha value is -4.20. The van der Waals surface area contributed by atoms with E-state index in [1.54, 1.807) is 6.08 Å². The van der Waals surface area contributed by atoms with Gasteiger partial charge in [0.1, 0.15) is 0 Å². The van der Waals surface area contributed by atoms with Gasteiger partial charge in [-0.1, -0.05) is 73.8 Å². The van der Waals surface area contributed by atoms with E-state index >= 15 is 0 Å². The zero-order valence-electron chi connectivity index (χ0n) is 23.6. The van der Waals surface area contributed by atoms with Crippen molar-refractivity contribution in [3.63, 3.8) is 0 Å². The van der Waals surface area contributed by atoms with E-state index in [4.69, 9.17) is 0 Å². The van der Waals surface area contributed by atoms with Crippen LogP contribution in [-0.4, -0.2) is 48.8 Å². The topological polar surface area (TPSA) is 116 Å². The first kappa shape index (κ1) is 32.8. The highest BCUT2D eigenvalue weighted by atomic mass is 16.2. The molecule has 0 heterocycles. The van der Waals surface area contributed by atoms with Gasteiger partial charge in [0, 0.05) is 38.4 Å². The first-order valence-electron chi connectivity index (χ1n) is 12.9. The van der Waals surface area contributed by atoms with E-state index < -0.39 is 0 Å². The molecule has 0 saturated heterocycles. The summed E-state index contributed by atoms with van der Waals surface area (Å²) < 4.78 is 0. The molecular weight excluding hydrogens is 492 g/mol.